The third-order valence-electron chi connectivity index (χ3n) is 3.72. The fraction of sp³-hybridized carbons (Fsp3) is 0.471. The molecule has 10 heteroatoms. The van der Waals surface area contributed by atoms with Gasteiger partial charge in [-0.2, -0.15) is 5.10 Å². The van der Waals surface area contributed by atoms with Gasteiger partial charge in [0.05, 0.1) is 23.9 Å². The normalized spacial score (nSPS) is 16.4. The third kappa shape index (κ3) is 4.93. The summed E-state index contributed by atoms with van der Waals surface area (Å²) in [6.07, 6.45) is 0.679. The number of carbonyl (C=O) groups excluding carboxylic acids is 3. The van der Waals surface area contributed by atoms with E-state index in [0.29, 0.717) is 13.0 Å². The van der Waals surface area contributed by atoms with Crippen molar-refractivity contribution in [1.82, 2.24) is 20.4 Å². The lowest BCUT2D eigenvalue weighted by molar-refractivity contribution is -0.139. The van der Waals surface area contributed by atoms with Gasteiger partial charge in [-0.3, -0.25) is 4.79 Å². The summed E-state index contributed by atoms with van der Waals surface area (Å²) in [5.41, 5.74) is -0.0529. The van der Waals surface area contributed by atoms with Gasteiger partial charge in [-0.25, -0.2) is 19.1 Å². The summed E-state index contributed by atoms with van der Waals surface area (Å²) < 4.78 is 11.3. The molecule has 2 amide bonds. The smallest absolute Gasteiger partial charge is 0.359 e. The highest BCUT2D eigenvalue weighted by molar-refractivity contribution is 5.95. The number of nitrogens with zero attached hydrogens (tertiary/aromatic N) is 2. The van der Waals surface area contributed by atoms with Gasteiger partial charge in [-0.1, -0.05) is 6.92 Å². The van der Waals surface area contributed by atoms with Crippen LogP contribution in [0.3, 0.4) is 0 Å². The molecule has 0 saturated carbocycles. The highest BCUT2D eigenvalue weighted by Gasteiger charge is 2.30. The highest BCUT2D eigenvalue weighted by Crippen LogP contribution is 2.15. The van der Waals surface area contributed by atoms with E-state index in [1.54, 1.807) is 13.8 Å². The van der Waals surface area contributed by atoms with Gasteiger partial charge in [-0.15, -0.1) is 0 Å². The minimum Gasteiger partial charge on any atom is -0.463 e. The molecule has 0 aromatic carbocycles. The maximum atomic E-state index is 12.3. The number of urea groups is 1. The molecule has 0 saturated heterocycles. The van der Waals surface area contributed by atoms with E-state index in [-0.39, 0.29) is 35.7 Å². The first-order valence-corrected chi connectivity index (χ1v) is 8.60. The van der Waals surface area contributed by atoms with Crippen LogP contribution in [0.25, 0.3) is 0 Å². The second kappa shape index (κ2) is 8.97. The lowest BCUT2D eigenvalue weighted by Crippen LogP contribution is -2.50. The molecule has 1 aromatic rings. The van der Waals surface area contributed by atoms with Gasteiger partial charge >= 0.3 is 18.0 Å². The second-order valence-electron chi connectivity index (χ2n) is 5.79. The Morgan fingerprint density at radius 1 is 1.19 bits per heavy atom. The maximum absolute atomic E-state index is 12.3. The maximum Gasteiger partial charge on any atom is 0.359 e. The van der Waals surface area contributed by atoms with Crippen LogP contribution in [0, 0.1) is 0 Å². The summed E-state index contributed by atoms with van der Waals surface area (Å²) in [6, 6.07) is 1.38. The summed E-state index contributed by atoms with van der Waals surface area (Å²) in [7, 11) is 0. The predicted molar refractivity (Wildman–Crippen MR) is 93.9 cm³/mol. The number of aromatic nitrogens is 2. The molecule has 2 heterocycles. The Kier molecular flexibility index (Phi) is 6.69. The highest BCUT2D eigenvalue weighted by atomic mass is 16.5. The average molecular weight is 378 g/mol. The van der Waals surface area contributed by atoms with E-state index < -0.39 is 24.0 Å². The van der Waals surface area contributed by atoms with Gasteiger partial charge < -0.3 is 20.1 Å². The molecule has 1 aliphatic rings. The fourth-order valence-corrected chi connectivity index (χ4v) is 2.53. The lowest BCUT2D eigenvalue weighted by Gasteiger charge is -2.26. The van der Waals surface area contributed by atoms with Gasteiger partial charge in [0.2, 0.25) is 0 Å². The summed E-state index contributed by atoms with van der Waals surface area (Å²) in [5, 5.41) is 8.97. The molecule has 0 bridgehead atoms. The Morgan fingerprint density at radius 2 is 1.93 bits per heavy atom. The van der Waals surface area contributed by atoms with Gasteiger partial charge in [0, 0.05) is 12.6 Å². The van der Waals surface area contributed by atoms with E-state index >= 15 is 0 Å². The molecule has 146 valence electrons. The Hall–Kier alpha value is -3.17. The SMILES string of the molecule is CCCn1nc(C(=O)OCC2=C(C(=O)OCC)C(C)NC(=O)N2)ccc1=O. The fourth-order valence-electron chi connectivity index (χ4n) is 2.53. The zero-order valence-corrected chi connectivity index (χ0v) is 15.4. The van der Waals surface area contributed by atoms with Crippen molar-refractivity contribution in [3.8, 4) is 0 Å². The minimum atomic E-state index is -0.781. The van der Waals surface area contributed by atoms with E-state index in [1.807, 2.05) is 6.92 Å². The quantitative estimate of drug-likeness (QED) is 0.654. The zero-order chi connectivity index (χ0) is 20.0. The number of aryl methyl sites for hydroxylation is 1. The molecular formula is C17H22N4O6. The Balaban J connectivity index is 2.19. The number of esters is 2. The molecule has 2 rings (SSSR count). The van der Waals surface area contributed by atoms with Crippen LogP contribution in [-0.2, 0) is 20.8 Å². The van der Waals surface area contributed by atoms with Crippen molar-refractivity contribution in [2.75, 3.05) is 13.2 Å². The largest absolute Gasteiger partial charge is 0.463 e. The third-order valence-corrected chi connectivity index (χ3v) is 3.72. The molecule has 0 aliphatic carbocycles. The van der Waals surface area contributed by atoms with Crippen LogP contribution in [0.4, 0.5) is 4.79 Å². The number of hydrogen-bond donors (Lipinski definition) is 2. The van der Waals surface area contributed by atoms with Crippen molar-refractivity contribution in [1.29, 1.82) is 0 Å². The van der Waals surface area contributed by atoms with Crippen LogP contribution in [-0.4, -0.2) is 47.0 Å². The van der Waals surface area contributed by atoms with E-state index in [2.05, 4.69) is 15.7 Å². The number of rotatable bonds is 7. The van der Waals surface area contributed by atoms with Crippen LogP contribution in [0.1, 0.15) is 37.7 Å². The topological polar surface area (TPSA) is 129 Å². The van der Waals surface area contributed by atoms with Crippen molar-refractivity contribution in [3.63, 3.8) is 0 Å². The van der Waals surface area contributed by atoms with Crippen LogP contribution in [0.5, 0.6) is 0 Å². The van der Waals surface area contributed by atoms with Crippen molar-refractivity contribution in [3.05, 3.63) is 39.5 Å². The first-order valence-electron chi connectivity index (χ1n) is 8.60. The first-order chi connectivity index (χ1) is 12.9. The van der Waals surface area contributed by atoms with Crippen molar-refractivity contribution >= 4 is 18.0 Å². The minimum absolute atomic E-state index is 0.0466. The standard InChI is InChI=1S/C17H22N4O6/c1-4-8-21-13(22)7-6-11(20-21)15(23)27-9-12-14(16(24)26-5-2)10(3)18-17(25)19-12/h6-7,10H,4-5,8-9H2,1-3H3,(H2,18,19,25). The summed E-state index contributed by atoms with van der Waals surface area (Å²) in [4.78, 5) is 47.7. The molecule has 2 N–H and O–H groups in total. The second-order valence-corrected chi connectivity index (χ2v) is 5.79. The summed E-state index contributed by atoms with van der Waals surface area (Å²) >= 11 is 0. The van der Waals surface area contributed by atoms with Gasteiger partial charge in [-0.05, 0) is 26.3 Å². The molecule has 0 fully saturated rings. The number of carbonyl (C=O) groups is 3. The Labute approximate surface area is 155 Å². The lowest BCUT2D eigenvalue weighted by atomic mass is 10.0. The summed E-state index contributed by atoms with van der Waals surface area (Å²) in [6.45, 7) is 5.35. The molecule has 1 atom stereocenters. The molecule has 0 spiro atoms. The molecular weight excluding hydrogens is 356 g/mol. The van der Waals surface area contributed by atoms with Crippen LogP contribution >= 0.6 is 0 Å². The molecule has 1 unspecified atom stereocenters. The van der Waals surface area contributed by atoms with Crippen molar-refractivity contribution in [2.24, 2.45) is 0 Å². The van der Waals surface area contributed by atoms with E-state index in [1.165, 1.54) is 16.8 Å². The molecule has 27 heavy (non-hydrogen) atoms. The monoisotopic (exact) mass is 378 g/mol. The molecule has 1 aliphatic heterocycles. The summed E-state index contributed by atoms with van der Waals surface area (Å²) in [5.74, 6) is -1.39. The van der Waals surface area contributed by atoms with Gasteiger partial charge in [0.15, 0.2) is 5.69 Å². The van der Waals surface area contributed by atoms with Crippen LogP contribution < -0.4 is 16.2 Å². The van der Waals surface area contributed by atoms with Crippen LogP contribution in [0.15, 0.2) is 28.2 Å². The number of nitrogens with one attached hydrogen (secondary N) is 2. The van der Waals surface area contributed by atoms with E-state index in [0.717, 1.165) is 0 Å². The zero-order valence-electron chi connectivity index (χ0n) is 15.4. The van der Waals surface area contributed by atoms with E-state index in [9.17, 15) is 19.2 Å². The molecule has 10 nitrogen and oxygen atoms in total. The van der Waals surface area contributed by atoms with Crippen molar-refractivity contribution < 1.29 is 23.9 Å². The molecule has 1 aromatic heterocycles. The number of ether oxygens (including phenoxy) is 2. The first kappa shape index (κ1) is 20.1. The molecule has 0 radical (unpaired) electrons. The van der Waals surface area contributed by atoms with Crippen LogP contribution in [0.2, 0.25) is 0 Å². The number of hydrogen-bond acceptors (Lipinski definition) is 7. The van der Waals surface area contributed by atoms with Crippen molar-refractivity contribution in [2.45, 2.75) is 39.8 Å². The van der Waals surface area contributed by atoms with Gasteiger partial charge in [0.1, 0.15) is 6.61 Å². The van der Waals surface area contributed by atoms with Gasteiger partial charge in [0.25, 0.3) is 5.56 Å². The Morgan fingerprint density at radius 3 is 2.59 bits per heavy atom. The number of amides is 2. The average Bonchev–Trinajstić information content (AvgIpc) is 2.61. The predicted octanol–water partition coefficient (Wildman–Crippen LogP) is 0.329. The van der Waals surface area contributed by atoms with E-state index in [4.69, 9.17) is 9.47 Å². The Bertz CT molecular complexity index is 829.